The molecule has 24 heavy (non-hydrogen) atoms. The molecule has 4 aliphatic carbocycles. The lowest BCUT2D eigenvalue weighted by molar-refractivity contribution is -0.126. The Hall–Kier alpha value is -1.03. The van der Waals surface area contributed by atoms with Crippen molar-refractivity contribution in [1.82, 2.24) is 15.1 Å². The summed E-state index contributed by atoms with van der Waals surface area (Å²) in [5.74, 6) is 2.93. The van der Waals surface area contributed by atoms with Crippen molar-refractivity contribution in [3.8, 4) is 0 Å². The zero-order valence-corrected chi connectivity index (χ0v) is 15.3. The highest BCUT2D eigenvalue weighted by Crippen LogP contribution is 2.61. The average Bonchev–Trinajstić information content (AvgIpc) is 2.94. The lowest BCUT2D eigenvalue weighted by Gasteiger charge is -2.59. The topological polar surface area (TPSA) is 46.9 Å². The first-order valence-corrected chi connectivity index (χ1v) is 9.91. The van der Waals surface area contributed by atoms with Crippen molar-refractivity contribution in [3.63, 3.8) is 0 Å². The Labute approximate surface area is 149 Å². The molecule has 4 fully saturated rings. The van der Waals surface area contributed by atoms with Crippen LogP contribution in [0.4, 0.5) is 0 Å². The first-order chi connectivity index (χ1) is 11.6. The molecule has 1 unspecified atom stereocenters. The van der Waals surface area contributed by atoms with Crippen LogP contribution in [0.1, 0.15) is 58.3 Å². The van der Waals surface area contributed by atoms with Crippen molar-refractivity contribution in [3.05, 3.63) is 17.4 Å². The van der Waals surface area contributed by atoms with Gasteiger partial charge in [-0.1, -0.05) is 18.5 Å². The summed E-state index contributed by atoms with van der Waals surface area (Å²) in [6.45, 7) is 2.83. The molecule has 0 aromatic carbocycles. The van der Waals surface area contributed by atoms with Gasteiger partial charge in [0.1, 0.15) is 0 Å². The third-order valence-electron chi connectivity index (χ3n) is 6.74. The summed E-state index contributed by atoms with van der Waals surface area (Å²) in [4.78, 5) is 12.5. The highest BCUT2D eigenvalue weighted by atomic mass is 35.5. The Kier molecular flexibility index (Phi) is 4.36. The van der Waals surface area contributed by atoms with E-state index in [-0.39, 0.29) is 5.91 Å². The second kappa shape index (κ2) is 6.36. The van der Waals surface area contributed by atoms with Crippen LogP contribution in [0, 0.1) is 23.2 Å². The van der Waals surface area contributed by atoms with E-state index in [1.807, 2.05) is 0 Å². The fraction of sp³-hybridized carbons (Fsp3) is 0.789. The third kappa shape index (κ3) is 3.10. The quantitative estimate of drug-likeness (QED) is 0.842. The normalized spacial score (nSPS) is 35.2. The van der Waals surface area contributed by atoms with E-state index in [4.69, 9.17) is 11.6 Å². The summed E-state index contributed by atoms with van der Waals surface area (Å²) in [5.41, 5.74) is 0.383. The highest BCUT2D eigenvalue weighted by molar-refractivity contribution is 6.30. The first kappa shape index (κ1) is 16.4. The molecule has 0 radical (unpaired) electrons. The van der Waals surface area contributed by atoms with Gasteiger partial charge in [0.2, 0.25) is 5.91 Å². The lowest BCUT2D eigenvalue weighted by atomic mass is 9.47. The van der Waals surface area contributed by atoms with Gasteiger partial charge in [0.25, 0.3) is 0 Å². The second-order valence-corrected chi connectivity index (χ2v) is 8.92. The van der Waals surface area contributed by atoms with Crippen LogP contribution in [0.3, 0.4) is 0 Å². The molecule has 1 atom stereocenters. The summed E-state index contributed by atoms with van der Waals surface area (Å²) in [6, 6.07) is 0.347. The standard InChI is InChI=1S/C19H28ClN3O/c1-2-17(22-18(24)3-4-23-12-16(20)11-21-23)19-8-13-5-14(9-19)7-15(6-13)10-19/h11-15,17H,2-10H2,1H3,(H,22,24). The number of aromatic nitrogens is 2. The number of amides is 1. The summed E-state index contributed by atoms with van der Waals surface area (Å²) >= 11 is 5.88. The van der Waals surface area contributed by atoms with E-state index in [2.05, 4.69) is 17.3 Å². The molecule has 1 amide bonds. The molecule has 5 rings (SSSR count). The smallest absolute Gasteiger partial charge is 0.222 e. The van der Waals surface area contributed by atoms with Crippen LogP contribution in [0.15, 0.2) is 12.4 Å². The monoisotopic (exact) mass is 349 g/mol. The predicted molar refractivity (Wildman–Crippen MR) is 94.7 cm³/mol. The van der Waals surface area contributed by atoms with Crippen molar-refractivity contribution >= 4 is 17.5 Å². The number of carbonyl (C=O) groups is 1. The molecule has 0 saturated heterocycles. The van der Waals surface area contributed by atoms with E-state index in [1.165, 1.54) is 38.5 Å². The minimum absolute atomic E-state index is 0.157. The molecule has 4 bridgehead atoms. The Balaban J connectivity index is 1.38. The van der Waals surface area contributed by atoms with Crippen molar-refractivity contribution in [1.29, 1.82) is 0 Å². The van der Waals surface area contributed by atoms with Gasteiger partial charge in [-0.3, -0.25) is 9.48 Å². The first-order valence-electron chi connectivity index (χ1n) is 9.53. The molecule has 4 saturated carbocycles. The van der Waals surface area contributed by atoms with E-state index >= 15 is 0 Å². The van der Waals surface area contributed by atoms with Crippen LogP contribution in [-0.4, -0.2) is 21.7 Å². The molecular formula is C19H28ClN3O. The lowest BCUT2D eigenvalue weighted by Crippen LogP contribution is -2.56. The van der Waals surface area contributed by atoms with Gasteiger partial charge in [-0.2, -0.15) is 5.10 Å². The van der Waals surface area contributed by atoms with Gasteiger partial charge >= 0.3 is 0 Å². The van der Waals surface area contributed by atoms with Crippen LogP contribution in [0.5, 0.6) is 0 Å². The number of aryl methyl sites for hydroxylation is 1. The van der Waals surface area contributed by atoms with Crippen LogP contribution in [-0.2, 0) is 11.3 Å². The SMILES string of the molecule is CCC(NC(=O)CCn1cc(Cl)cn1)C12CC3CC(CC(C3)C1)C2. The number of rotatable bonds is 6. The Morgan fingerprint density at radius 2 is 1.96 bits per heavy atom. The van der Waals surface area contributed by atoms with E-state index in [1.54, 1.807) is 17.1 Å². The van der Waals surface area contributed by atoms with Gasteiger partial charge in [0.15, 0.2) is 0 Å². The second-order valence-electron chi connectivity index (χ2n) is 8.48. The maximum absolute atomic E-state index is 12.5. The largest absolute Gasteiger partial charge is 0.353 e. The van der Waals surface area contributed by atoms with Gasteiger partial charge in [-0.25, -0.2) is 0 Å². The molecule has 5 heteroatoms. The molecule has 1 heterocycles. The molecule has 1 aromatic rings. The number of hydrogen-bond donors (Lipinski definition) is 1. The number of carbonyl (C=O) groups excluding carboxylic acids is 1. The van der Waals surface area contributed by atoms with Gasteiger partial charge in [0, 0.05) is 25.2 Å². The molecule has 1 aromatic heterocycles. The molecular weight excluding hydrogens is 322 g/mol. The Bertz CT molecular complexity index is 576. The third-order valence-corrected chi connectivity index (χ3v) is 6.93. The summed E-state index contributed by atoms with van der Waals surface area (Å²) in [6.07, 6.45) is 13.3. The number of nitrogens with one attached hydrogen (secondary N) is 1. The molecule has 0 spiro atoms. The van der Waals surface area contributed by atoms with Crippen molar-refractivity contribution in [2.24, 2.45) is 23.2 Å². The van der Waals surface area contributed by atoms with Crippen LogP contribution >= 0.6 is 11.6 Å². The number of nitrogens with zero attached hydrogens (tertiary/aromatic N) is 2. The minimum atomic E-state index is 0.157. The minimum Gasteiger partial charge on any atom is -0.353 e. The molecule has 1 N–H and O–H groups in total. The Morgan fingerprint density at radius 1 is 1.33 bits per heavy atom. The van der Waals surface area contributed by atoms with Crippen molar-refractivity contribution in [2.45, 2.75) is 70.9 Å². The van der Waals surface area contributed by atoms with Crippen LogP contribution < -0.4 is 5.32 Å². The van der Waals surface area contributed by atoms with Gasteiger partial charge in [0.05, 0.1) is 11.2 Å². The average molecular weight is 350 g/mol. The zero-order chi connectivity index (χ0) is 16.7. The molecule has 4 aliphatic rings. The Morgan fingerprint density at radius 3 is 2.46 bits per heavy atom. The summed E-state index contributed by atoms with van der Waals surface area (Å²) < 4.78 is 1.74. The van der Waals surface area contributed by atoms with Crippen LogP contribution in [0.2, 0.25) is 5.02 Å². The van der Waals surface area contributed by atoms with E-state index in [0.29, 0.717) is 29.4 Å². The highest BCUT2D eigenvalue weighted by Gasteiger charge is 2.53. The maximum atomic E-state index is 12.5. The fourth-order valence-corrected chi connectivity index (χ4v) is 6.39. The number of hydrogen-bond acceptors (Lipinski definition) is 2. The molecule has 132 valence electrons. The molecule has 0 aliphatic heterocycles. The fourth-order valence-electron chi connectivity index (χ4n) is 6.24. The van der Waals surface area contributed by atoms with Gasteiger partial charge < -0.3 is 5.32 Å². The maximum Gasteiger partial charge on any atom is 0.222 e. The van der Waals surface area contributed by atoms with Gasteiger partial charge in [-0.05, 0) is 68.1 Å². The summed E-state index contributed by atoms with van der Waals surface area (Å²) in [7, 11) is 0. The zero-order valence-electron chi connectivity index (χ0n) is 14.5. The van der Waals surface area contributed by atoms with Crippen LogP contribution in [0.25, 0.3) is 0 Å². The predicted octanol–water partition coefficient (Wildman–Crippen LogP) is 4.04. The van der Waals surface area contributed by atoms with Gasteiger partial charge in [-0.15, -0.1) is 0 Å². The molecule has 4 nitrogen and oxygen atoms in total. The van der Waals surface area contributed by atoms with E-state index < -0.39 is 0 Å². The van der Waals surface area contributed by atoms with Crippen molar-refractivity contribution < 1.29 is 4.79 Å². The van der Waals surface area contributed by atoms with Crippen molar-refractivity contribution in [2.75, 3.05) is 0 Å². The van der Waals surface area contributed by atoms with E-state index in [9.17, 15) is 4.79 Å². The van der Waals surface area contributed by atoms with E-state index in [0.717, 1.165) is 24.2 Å². The number of halogens is 1. The summed E-state index contributed by atoms with van der Waals surface area (Å²) in [5, 5.41) is 8.15.